The van der Waals surface area contributed by atoms with Gasteiger partial charge < -0.3 is 4.74 Å². The molecule has 1 atom stereocenters. The summed E-state index contributed by atoms with van der Waals surface area (Å²) in [5.74, 6) is -0.0326. The summed E-state index contributed by atoms with van der Waals surface area (Å²) in [4.78, 5) is 12.7. The first-order chi connectivity index (χ1) is 11.2. The fraction of sp³-hybridized carbons (Fsp3) is 0.438. The van der Waals surface area contributed by atoms with Crippen LogP contribution in [-0.2, 0) is 14.9 Å². The monoisotopic (exact) mass is 349 g/mol. The van der Waals surface area contributed by atoms with E-state index in [0.717, 1.165) is 42.9 Å². The molecule has 1 aromatic heterocycles. The zero-order chi connectivity index (χ0) is 15.9. The van der Waals surface area contributed by atoms with Gasteiger partial charge in [-0.1, -0.05) is 35.1 Å². The number of nitrogens with zero attached hydrogens (tertiary/aromatic N) is 2. The van der Waals surface area contributed by atoms with E-state index in [-0.39, 0.29) is 12.0 Å². The van der Waals surface area contributed by atoms with Crippen molar-refractivity contribution in [3.63, 3.8) is 0 Å². The number of rotatable bonds is 4. The van der Waals surface area contributed by atoms with E-state index in [1.54, 1.807) is 0 Å². The molecule has 2 aliphatic rings. The lowest BCUT2D eigenvalue weighted by Crippen LogP contribution is -2.27. The summed E-state index contributed by atoms with van der Waals surface area (Å²) in [6, 6.07) is 7.52. The highest BCUT2D eigenvalue weighted by atomic mass is 35.5. The summed E-state index contributed by atoms with van der Waals surface area (Å²) in [6.45, 7) is 0.768. The number of amides is 1. The highest BCUT2D eigenvalue weighted by Crippen LogP contribution is 2.49. The van der Waals surface area contributed by atoms with Gasteiger partial charge in [-0.05, 0) is 43.4 Å². The summed E-state index contributed by atoms with van der Waals surface area (Å²) in [5, 5.41) is 13.2. The molecule has 2 heterocycles. The summed E-state index contributed by atoms with van der Waals surface area (Å²) in [7, 11) is 0. The largest absolute Gasteiger partial charge is 0.371 e. The van der Waals surface area contributed by atoms with Crippen molar-refractivity contribution in [1.29, 1.82) is 0 Å². The van der Waals surface area contributed by atoms with Crippen LogP contribution in [0.2, 0.25) is 5.02 Å². The maximum atomic E-state index is 12.7. The minimum Gasteiger partial charge on any atom is -0.371 e. The molecule has 23 heavy (non-hydrogen) atoms. The minimum atomic E-state index is -0.472. The lowest BCUT2D eigenvalue weighted by atomic mass is 9.95. The maximum absolute atomic E-state index is 12.7. The third kappa shape index (κ3) is 2.86. The Morgan fingerprint density at radius 3 is 2.96 bits per heavy atom. The van der Waals surface area contributed by atoms with Gasteiger partial charge in [0, 0.05) is 11.6 Å². The van der Waals surface area contributed by atoms with E-state index in [2.05, 4.69) is 15.5 Å². The second kappa shape index (κ2) is 5.85. The fourth-order valence-corrected chi connectivity index (χ4v) is 3.98. The number of carbonyl (C=O) groups is 1. The molecule has 5 nitrogen and oxygen atoms in total. The quantitative estimate of drug-likeness (QED) is 0.913. The average Bonchev–Trinajstić information content (AvgIpc) is 2.95. The van der Waals surface area contributed by atoms with Gasteiger partial charge in [0.2, 0.25) is 11.0 Å². The highest BCUT2D eigenvalue weighted by Gasteiger charge is 2.51. The molecule has 1 saturated carbocycles. The number of anilines is 1. The second-order valence-electron chi connectivity index (χ2n) is 5.99. The van der Waals surface area contributed by atoms with Gasteiger partial charge in [0.25, 0.3) is 0 Å². The van der Waals surface area contributed by atoms with E-state index in [1.165, 1.54) is 11.3 Å². The predicted molar refractivity (Wildman–Crippen MR) is 88.8 cm³/mol. The lowest BCUT2D eigenvalue weighted by molar-refractivity contribution is -0.118. The molecule has 4 rings (SSSR count). The van der Waals surface area contributed by atoms with Crippen LogP contribution in [0.15, 0.2) is 24.3 Å². The van der Waals surface area contributed by atoms with E-state index in [4.69, 9.17) is 16.3 Å². The summed E-state index contributed by atoms with van der Waals surface area (Å²) in [6.07, 6.45) is 3.70. The van der Waals surface area contributed by atoms with Gasteiger partial charge in [-0.25, -0.2) is 0 Å². The molecular formula is C16H16ClN3O2S. The lowest BCUT2D eigenvalue weighted by Gasteiger charge is -2.14. The topological polar surface area (TPSA) is 64.1 Å². The molecule has 1 aliphatic carbocycles. The van der Waals surface area contributed by atoms with Crippen molar-refractivity contribution in [2.75, 3.05) is 11.9 Å². The molecule has 1 amide bonds. The Bertz CT molecular complexity index is 738. The van der Waals surface area contributed by atoms with E-state index in [1.807, 2.05) is 24.3 Å². The summed E-state index contributed by atoms with van der Waals surface area (Å²) in [5.41, 5.74) is 0.493. The van der Waals surface area contributed by atoms with Gasteiger partial charge in [-0.3, -0.25) is 10.1 Å². The van der Waals surface area contributed by atoms with Crippen LogP contribution in [0.4, 0.5) is 5.13 Å². The third-order valence-corrected chi connectivity index (χ3v) is 5.59. The molecular weight excluding hydrogens is 334 g/mol. The van der Waals surface area contributed by atoms with Gasteiger partial charge in [0.15, 0.2) is 0 Å². The van der Waals surface area contributed by atoms with Gasteiger partial charge in [-0.2, -0.15) is 0 Å². The molecule has 120 valence electrons. The van der Waals surface area contributed by atoms with Gasteiger partial charge in [0.1, 0.15) is 11.1 Å². The zero-order valence-corrected chi connectivity index (χ0v) is 14.0. The molecule has 0 radical (unpaired) electrons. The zero-order valence-electron chi connectivity index (χ0n) is 12.4. The van der Waals surface area contributed by atoms with Crippen molar-refractivity contribution >= 4 is 34.0 Å². The Morgan fingerprint density at radius 1 is 1.39 bits per heavy atom. The predicted octanol–water partition coefficient (Wildman–Crippen LogP) is 3.71. The summed E-state index contributed by atoms with van der Waals surface area (Å²) >= 11 is 7.45. The van der Waals surface area contributed by atoms with Crippen LogP contribution >= 0.6 is 22.9 Å². The summed E-state index contributed by atoms with van der Waals surface area (Å²) < 4.78 is 5.60. The van der Waals surface area contributed by atoms with Crippen LogP contribution in [0.3, 0.4) is 0 Å². The molecule has 1 N–H and O–H groups in total. The highest BCUT2D eigenvalue weighted by molar-refractivity contribution is 7.15. The Kier molecular flexibility index (Phi) is 3.83. The fourth-order valence-electron chi connectivity index (χ4n) is 2.96. The Balaban J connectivity index is 1.49. The molecule has 1 unspecified atom stereocenters. The molecule has 0 spiro atoms. The van der Waals surface area contributed by atoms with Crippen molar-refractivity contribution in [2.24, 2.45) is 0 Å². The molecule has 7 heteroatoms. The first kappa shape index (κ1) is 15.1. The van der Waals surface area contributed by atoms with Gasteiger partial charge in [-0.15, -0.1) is 10.2 Å². The van der Waals surface area contributed by atoms with Crippen LogP contribution in [0, 0.1) is 0 Å². The van der Waals surface area contributed by atoms with Crippen LogP contribution in [0.5, 0.6) is 0 Å². The maximum Gasteiger partial charge on any atom is 0.236 e. The SMILES string of the molecule is O=C(Nc1nnc(C2CCCO2)s1)C1(c2cccc(Cl)c2)CC1. The number of halogens is 1. The van der Waals surface area contributed by atoms with Gasteiger partial charge in [0.05, 0.1) is 5.41 Å². The molecule has 1 saturated heterocycles. The molecule has 2 aromatic rings. The first-order valence-corrected chi connectivity index (χ1v) is 8.89. The molecule has 0 bridgehead atoms. The standard InChI is InChI=1S/C16H16ClN3O2S/c17-11-4-1-3-10(9-11)16(6-7-16)14(21)18-15-20-19-13(23-15)12-5-2-8-22-12/h1,3-4,9,12H,2,5-8H2,(H,18,20,21). The number of hydrogen-bond acceptors (Lipinski definition) is 5. The molecule has 1 aromatic carbocycles. The van der Waals surface area contributed by atoms with Crippen molar-refractivity contribution in [3.05, 3.63) is 39.9 Å². The van der Waals surface area contributed by atoms with Gasteiger partial charge >= 0.3 is 0 Å². The Labute approximate surface area is 143 Å². The average molecular weight is 350 g/mol. The first-order valence-electron chi connectivity index (χ1n) is 7.70. The number of benzene rings is 1. The third-order valence-electron chi connectivity index (χ3n) is 4.43. The van der Waals surface area contributed by atoms with Crippen LogP contribution < -0.4 is 5.32 Å². The number of ether oxygens (including phenoxy) is 1. The van der Waals surface area contributed by atoms with Crippen LogP contribution in [0.25, 0.3) is 0 Å². The molecule has 1 aliphatic heterocycles. The van der Waals surface area contributed by atoms with Crippen LogP contribution in [-0.4, -0.2) is 22.7 Å². The number of nitrogens with one attached hydrogen (secondary N) is 1. The normalized spacial score (nSPS) is 22.0. The Morgan fingerprint density at radius 2 is 2.26 bits per heavy atom. The minimum absolute atomic E-state index is 0.0287. The second-order valence-corrected chi connectivity index (χ2v) is 7.44. The van der Waals surface area contributed by atoms with E-state index in [9.17, 15) is 4.79 Å². The number of aromatic nitrogens is 2. The number of hydrogen-bond donors (Lipinski definition) is 1. The van der Waals surface area contributed by atoms with E-state index < -0.39 is 5.41 Å². The van der Waals surface area contributed by atoms with Crippen molar-refractivity contribution in [1.82, 2.24) is 10.2 Å². The van der Waals surface area contributed by atoms with Crippen molar-refractivity contribution < 1.29 is 9.53 Å². The van der Waals surface area contributed by atoms with E-state index >= 15 is 0 Å². The van der Waals surface area contributed by atoms with Crippen molar-refractivity contribution in [3.8, 4) is 0 Å². The smallest absolute Gasteiger partial charge is 0.236 e. The Hall–Kier alpha value is -1.50. The van der Waals surface area contributed by atoms with E-state index in [0.29, 0.717) is 10.2 Å². The number of carbonyl (C=O) groups excluding carboxylic acids is 1. The van der Waals surface area contributed by atoms with Crippen molar-refractivity contribution in [2.45, 2.75) is 37.2 Å². The molecule has 2 fully saturated rings. The van der Waals surface area contributed by atoms with Crippen LogP contribution in [0.1, 0.15) is 42.4 Å².